The molecule has 104 valence electrons. The van der Waals surface area contributed by atoms with Crippen LogP contribution in [0, 0.1) is 0 Å². The summed E-state index contributed by atoms with van der Waals surface area (Å²) in [5.41, 5.74) is 1.91. The highest BCUT2D eigenvalue weighted by molar-refractivity contribution is 5.89. The number of nitrogens with one attached hydrogen (secondary N) is 3. The second-order valence-electron chi connectivity index (χ2n) is 5.00. The first kappa shape index (κ1) is 13.7. The van der Waals surface area contributed by atoms with Crippen molar-refractivity contribution in [2.45, 2.75) is 18.9 Å². The van der Waals surface area contributed by atoms with E-state index in [0.717, 1.165) is 24.5 Å². The molecule has 3 N–H and O–H groups in total. The summed E-state index contributed by atoms with van der Waals surface area (Å²) in [6, 6.07) is 8.18. The Bertz CT molecular complexity index is 410. The Hall–Kier alpha value is -1.75. The van der Waals surface area contributed by atoms with E-state index in [-0.39, 0.29) is 6.03 Å². The molecule has 19 heavy (non-hydrogen) atoms. The van der Waals surface area contributed by atoms with Gasteiger partial charge in [-0.3, -0.25) is 0 Å². The molecule has 1 aromatic rings. The van der Waals surface area contributed by atoms with Gasteiger partial charge < -0.3 is 20.9 Å². The van der Waals surface area contributed by atoms with Gasteiger partial charge in [-0.05, 0) is 57.2 Å². The van der Waals surface area contributed by atoms with Crippen molar-refractivity contribution in [3.8, 4) is 0 Å². The van der Waals surface area contributed by atoms with E-state index in [9.17, 15) is 4.79 Å². The molecule has 5 nitrogen and oxygen atoms in total. The van der Waals surface area contributed by atoms with E-state index in [1.54, 1.807) is 7.05 Å². The summed E-state index contributed by atoms with van der Waals surface area (Å²) >= 11 is 0. The molecule has 5 heteroatoms. The number of carbonyl (C=O) groups is 1. The second-order valence-corrected chi connectivity index (χ2v) is 5.00. The van der Waals surface area contributed by atoms with Crippen LogP contribution in [0.3, 0.4) is 0 Å². The second kappa shape index (κ2) is 6.43. The zero-order valence-corrected chi connectivity index (χ0v) is 11.6. The molecule has 2 rings (SSSR count). The lowest BCUT2D eigenvalue weighted by atomic mass is 10.1. The van der Waals surface area contributed by atoms with Crippen LogP contribution in [-0.4, -0.2) is 44.2 Å². The van der Waals surface area contributed by atoms with Gasteiger partial charge in [0, 0.05) is 24.5 Å². The molecule has 0 saturated carbocycles. The summed E-state index contributed by atoms with van der Waals surface area (Å²) in [5.74, 6) is 0. The van der Waals surface area contributed by atoms with Gasteiger partial charge in [0.25, 0.3) is 0 Å². The van der Waals surface area contributed by atoms with Crippen molar-refractivity contribution in [2.75, 3.05) is 37.8 Å². The number of nitrogens with zero attached hydrogens (tertiary/aromatic N) is 1. The summed E-state index contributed by atoms with van der Waals surface area (Å²) in [6.45, 7) is 2.29. The summed E-state index contributed by atoms with van der Waals surface area (Å²) in [6.07, 6.45) is 2.35. The van der Waals surface area contributed by atoms with Gasteiger partial charge in [0.2, 0.25) is 0 Å². The van der Waals surface area contributed by atoms with Crippen molar-refractivity contribution >= 4 is 17.4 Å². The SMILES string of the molecule is CNC(=O)Nc1ccc(NC2CCN(C)CC2)cc1. The molecule has 0 aliphatic carbocycles. The number of rotatable bonds is 3. The molecule has 2 amide bonds. The largest absolute Gasteiger partial charge is 0.382 e. The average Bonchev–Trinajstić information content (AvgIpc) is 2.43. The molecule has 1 aromatic carbocycles. The topological polar surface area (TPSA) is 56.4 Å². The highest BCUT2D eigenvalue weighted by Gasteiger charge is 2.15. The lowest BCUT2D eigenvalue weighted by molar-refractivity contribution is 0.254. The fraction of sp³-hybridized carbons (Fsp3) is 0.500. The maximum absolute atomic E-state index is 11.2. The van der Waals surface area contributed by atoms with Crippen LogP contribution in [0.4, 0.5) is 16.2 Å². The lowest BCUT2D eigenvalue weighted by Gasteiger charge is -2.30. The number of benzene rings is 1. The number of urea groups is 1. The van der Waals surface area contributed by atoms with Gasteiger partial charge in [-0.15, -0.1) is 0 Å². The first-order valence-corrected chi connectivity index (χ1v) is 6.71. The Labute approximate surface area is 114 Å². The average molecular weight is 262 g/mol. The Morgan fingerprint density at radius 3 is 2.32 bits per heavy atom. The smallest absolute Gasteiger partial charge is 0.318 e. The van der Waals surface area contributed by atoms with Gasteiger partial charge in [0.15, 0.2) is 0 Å². The van der Waals surface area contributed by atoms with E-state index in [1.807, 2.05) is 24.3 Å². The molecule has 0 unspecified atom stereocenters. The van der Waals surface area contributed by atoms with Crippen LogP contribution in [-0.2, 0) is 0 Å². The van der Waals surface area contributed by atoms with Gasteiger partial charge in [-0.2, -0.15) is 0 Å². The predicted octanol–water partition coefficient (Wildman–Crippen LogP) is 1.94. The molecule has 0 bridgehead atoms. The minimum atomic E-state index is -0.198. The molecule has 1 aliphatic rings. The third kappa shape index (κ3) is 4.13. The molecule has 0 radical (unpaired) electrons. The molecule has 1 heterocycles. The first-order chi connectivity index (χ1) is 9.17. The van der Waals surface area contributed by atoms with E-state index >= 15 is 0 Å². The standard InChI is InChI=1S/C14H22N4O/c1-15-14(19)17-12-5-3-11(4-6-12)16-13-7-9-18(2)10-8-13/h3-6,13,16H,7-10H2,1-2H3,(H2,15,17,19). The van der Waals surface area contributed by atoms with Gasteiger partial charge in [-0.1, -0.05) is 0 Å². The molecule has 0 atom stereocenters. The van der Waals surface area contributed by atoms with E-state index in [1.165, 1.54) is 12.8 Å². The molecular weight excluding hydrogens is 240 g/mol. The van der Waals surface area contributed by atoms with Crippen LogP contribution in [0.1, 0.15) is 12.8 Å². The van der Waals surface area contributed by atoms with Crippen molar-refractivity contribution in [1.29, 1.82) is 0 Å². The maximum Gasteiger partial charge on any atom is 0.318 e. The van der Waals surface area contributed by atoms with E-state index in [4.69, 9.17) is 0 Å². The van der Waals surface area contributed by atoms with Gasteiger partial charge in [-0.25, -0.2) is 4.79 Å². The minimum Gasteiger partial charge on any atom is -0.382 e. The number of hydrogen-bond donors (Lipinski definition) is 3. The number of hydrogen-bond acceptors (Lipinski definition) is 3. The minimum absolute atomic E-state index is 0.198. The number of anilines is 2. The fourth-order valence-electron chi connectivity index (χ4n) is 2.23. The molecule has 1 saturated heterocycles. The van der Waals surface area contributed by atoms with Gasteiger partial charge >= 0.3 is 6.03 Å². The Kier molecular flexibility index (Phi) is 4.63. The first-order valence-electron chi connectivity index (χ1n) is 6.71. The van der Waals surface area contributed by atoms with E-state index < -0.39 is 0 Å². The summed E-state index contributed by atoms with van der Waals surface area (Å²) in [4.78, 5) is 13.5. The van der Waals surface area contributed by atoms with Crippen molar-refractivity contribution in [3.63, 3.8) is 0 Å². The van der Waals surface area contributed by atoms with Crippen LogP contribution in [0.25, 0.3) is 0 Å². The molecule has 0 aromatic heterocycles. The maximum atomic E-state index is 11.2. The molecular formula is C14H22N4O. The zero-order chi connectivity index (χ0) is 13.7. The van der Waals surface area contributed by atoms with Crippen molar-refractivity contribution < 1.29 is 4.79 Å². The van der Waals surface area contributed by atoms with Crippen LogP contribution in [0.2, 0.25) is 0 Å². The normalized spacial score (nSPS) is 16.9. The monoisotopic (exact) mass is 262 g/mol. The van der Waals surface area contributed by atoms with Crippen LogP contribution < -0.4 is 16.0 Å². The molecule has 1 aliphatic heterocycles. The van der Waals surface area contributed by atoms with E-state index in [0.29, 0.717) is 6.04 Å². The highest BCUT2D eigenvalue weighted by atomic mass is 16.2. The Morgan fingerprint density at radius 2 is 1.74 bits per heavy atom. The Morgan fingerprint density at radius 1 is 1.16 bits per heavy atom. The van der Waals surface area contributed by atoms with Gasteiger partial charge in [0.1, 0.15) is 0 Å². The van der Waals surface area contributed by atoms with E-state index in [2.05, 4.69) is 27.9 Å². The molecule has 1 fully saturated rings. The highest BCUT2D eigenvalue weighted by Crippen LogP contribution is 2.18. The predicted molar refractivity (Wildman–Crippen MR) is 78.7 cm³/mol. The summed E-state index contributed by atoms with van der Waals surface area (Å²) in [7, 11) is 3.76. The zero-order valence-electron chi connectivity index (χ0n) is 11.6. The van der Waals surface area contributed by atoms with Crippen LogP contribution >= 0.6 is 0 Å². The molecule has 0 spiro atoms. The van der Waals surface area contributed by atoms with Gasteiger partial charge in [0.05, 0.1) is 0 Å². The number of amides is 2. The van der Waals surface area contributed by atoms with Crippen molar-refractivity contribution in [3.05, 3.63) is 24.3 Å². The third-order valence-corrected chi connectivity index (χ3v) is 3.46. The van der Waals surface area contributed by atoms with Crippen molar-refractivity contribution in [2.24, 2.45) is 0 Å². The Balaban J connectivity index is 1.86. The summed E-state index contributed by atoms with van der Waals surface area (Å²) in [5, 5.41) is 8.81. The van der Waals surface area contributed by atoms with Crippen LogP contribution in [0.15, 0.2) is 24.3 Å². The van der Waals surface area contributed by atoms with Crippen molar-refractivity contribution in [1.82, 2.24) is 10.2 Å². The lowest BCUT2D eigenvalue weighted by Crippen LogP contribution is -2.36. The quantitative estimate of drug-likeness (QED) is 0.780. The van der Waals surface area contributed by atoms with Crippen LogP contribution in [0.5, 0.6) is 0 Å². The number of piperidine rings is 1. The fourth-order valence-corrected chi connectivity index (χ4v) is 2.23. The summed E-state index contributed by atoms with van der Waals surface area (Å²) < 4.78 is 0. The number of likely N-dealkylation sites (tertiary alicyclic amines) is 1. The third-order valence-electron chi connectivity index (χ3n) is 3.46. The number of carbonyl (C=O) groups excluding carboxylic acids is 1.